The molecule has 1 fully saturated rings. The number of nitrogens with one attached hydrogen (secondary N) is 1. The lowest BCUT2D eigenvalue weighted by Gasteiger charge is -2.11. The van der Waals surface area contributed by atoms with Crippen molar-refractivity contribution in [3.05, 3.63) is 22.7 Å². The van der Waals surface area contributed by atoms with Crippen LogP contribution in [-0.4, -0.2) is 25.8 Å². The summed E-state index contributed by atoms with van der Waals surface area (Å²) in [6.07, 6.45) is 7.06. The van der Waals surface area contributed by atoms with Crippen molar-refractivity contribution in [3.63, 3.8) is 0 Å². The highest BCUT2D eigenvalue weighted by Gasteiger charge is 2.19. The van der Waals surface area contributed by atoms with Crippen LogP contribution in [0.2, 0.25) is 5.02 Å². The number of ether oxygens (including phenoxy) is 2. The quantitative estimate of drug-likeness (QED) is 0.814. The van der Waals surface area contributed by atoms with Gasteiger partial charge >= 0.3 is 0 Å². The van der Waals surface area contributed by atoms with Gasteiger partial charge in [0.25, 0.3) is 0 Å². The molecule has 1 aliphatic carbocycles. The Morgan fingerprint density at radius 1 is 1.15 bits per heavy atom. The van der Waals surface area contributed by atoms with E-state index in [0.29, 0.717) is 24.0 Å². The van der Waals surface area contributed by atoms with Gasteiger partial charge in [-0.3, -0.25) is 0 Å². The SMILES string of the molecule is Clc1cc(CCCCNC2CC2)cc2c1OCCCO2. The minimum Gasteiger partial charge on any atom is -0.489 e. The highest BCUT2D eigenvalue weighted by atomic mass is 35.5. The van der Waals surface area contributed by atoms with Crippen LogP contribution in [0.5, 0.6) is 11.5 Å². The van der Waals surface area contributed by atoms with E-state index >= 15 is 0 Å². The second kappa shape index (κ2) is 6.68. The van der Waals surface area contributed by atoms with Gasteiger partial charge in [0.15, 0.2) is 11.5 Å². The molecule has 1 aliphatic heterocycles. The van der Waals surface area contributed by atoms with Crippen LogP contribution in [0, 0.1) is 0 Å². The molecule has 0 saturated heterocycles. The number of hydrogen-bond donors (Lipinski definition) is 1. The second-order valence-corrected chi connectivity index (χ2v) is 6.05. The van der Waals surface area contributed by atoms with Crippen LogP contribution in [0.15, 0.2) is 12.1 Å². The number of benzene rings is 1. The van der Waals surface area contributed by atoms with E-state index in [9.17, 15) is 0 Å². The van der Waals surface area contributed by atoms with Crippen molar-refractivity contribution in [2.45, 2.75) is 44.6 Å². The van der Waals surface area contributed by atoms with Crippen LogP contribution in [0.4, 0.5) is 0 Å². The third-order valence-corrected chi connectivity index (χ3v) is 4.05. The summed E-state index contributed by atoms with van der Waals surface area (Å²) >= 11 is 6.29. The number of hydrogen-bond acceptors (Lipinski definition) is 3. The Bertz CT molecular complexity index is 460. The molecule has 2 aliphatic rings. The molecule has 0 amide bonds. The predicted octanol–water partition coefficient (Wildman–Crippen LogP) is 3.58. The van der Waals surface area contributed by atoms with Crippen LogP contribution >= 0.6 is 11.6 Å². The average Bonchev–Trinajstić information content (AvgIpc) is 3.24. The lowest BCUT2D eigenvalue weighted by molar-refractivity contribution is 0.297. The molecule has 1 N–H and O–H groups in total. The fraction of sp³-hybridized carbons (Fsp3) is 0.625. The molecule has 1 aromatic rings. The number of aryl methyl sites for hydroxylation is 1. The maximum atomic E-state index is 6.29. The van der Waals surface area contributed by atoms with Gasteiger partial charge in [-0.1, -0.05) is 11.6 Å². The molecule has 1 heterocycles. The van der Waals surface area contributed by atoms with Gasteiger partial charge in [0, 0.05) is 12.5 Å². The van der Waals surface area contributed by atoms with Crippen molar-refractivity contribution in [1.82, 2.24) is 5.32 Å². The summed E-state index contributed by atoms with van der Waals surface area (Å²) in [5, 5.41) is 4.22. The van der Waals surface area contributed by atoms with Gasteiger partial charge in [-0.25, -0.2) is 0 Å². The largest absolute Gasteiger partial charge is 0.489 e. The first-order chi connectivity index (χ1) is 9.83. The average molecular weight is 296 g/mol. The van der Waals surface area contributed by atoms with E-state index in [1.54, 1.807) is 0 Å². The summed E-state index contributed by atoms with van der Waals surface area (Å²) in [6, 6.07) is 4.91. The summed E-state index contributed by atoms with van der Waals surface area (Å²) in [5.74, 6) is 1.52. The Labute approximate surface area is 125 Å². The van der Waals surface area contributed by atoms with E-state index < -0.39 is 0 Å². The highest BCUT2D eigenvalue weighted by molar-refractivity contribution is 6.32. The highest BCUT2D eigenvalue weighted by Crippen LogP contribution is 2.38. The molecule has 0 unspecified atom stereocenters. The predicted molar refractivity (Wildman–Crippen MR) is 81.0 cm³/mol. The molecule has 110 valence electrons. The van der Waals surface area contributed by atoms with Crippen molar-refractivity contribution in [2.24, 2.45) is 0 Å². The van der Waals surface area contributed by atoms with Crippen LogP contribution in [-0.2, 0) is 6.42 Å². The number of halogens is 1. The Hall–Kier alpha value is -0.930. The molecule has 0 aromatic heterocycles. The lowest BCUT2D eigenvalue weighted by Crippen LogP contribution is -2.17. The molecular formula is C16H22ClNO2. The normalized spacial score (nSPS) is 17.9. The van der Waals surface area contributed by atoms with Gasteiger partial charge in [-0.05, 0) is 56.3 Å². The van der Waals surface area contributed by atoms with Crippen molar-refractivity contribution < 1.29 is 9.47 Å². The van der Waals surface area contributed by atoms with E-state index in [1.165, 1.54) is 31.2 Å². The standard InChI is InChI=1S/C16H22ClNO2/c17-14-10-12(4-1-2-7-18-13-5-6-13)11-15-16(14)20-9-3-8-19-15/h10-11,13,18H,1-9H2. The molecule has 0 spiro atoms. The monoisotopic (exact) mass is 295 g/mol. The zero-order chi connectivity index (χ0) is 13.8. The molecule has 1 aromatic carbocycles. The topological polar surface area (TPSA) is 30.5 Å². The van der Waals surface area contributed by atoms with E-state index in [0.717, 1.165) is 31.2 Å². The maximum absolute atomic E-state index is 6.29. The molecule has 0 atom stereocenters. The summed E-state index contributed by atoms with van der Waals surface area (Å²) in [4.78, 5) is 0. The minimum absolute atomic E-state index is 0.676. The molecule has 20 heavy (non-hydrogen) atoms. The van der Waals surface area contributed by atoms with Gasteiger partial charge in [-0.15, -0.1) is 0 Å². The van der Waals surface area contributed by atoms with E-state index in [-0.39, 0.29) is 0 Å². The molecule has 3 rings (SSSR count). The van der Waals surface area contributed by atoms with Crippen molar-refractivity contribution >= 4 is 11.6 Å². The number of unbranched alkanes of at least 4 members (excludes halogenated alkanes) is 1. The van der Waals surface area contributed by atoms with Crippen LogP contribution in [0.25, 0.3) is 0 Å². The molecule has 0 radical (unpaired) electrons. The minimum atomic E-state index is 0.676. The van der Waals surface area contributed by atoms with E-state index in [4.69, 9.17) is 21.1 Å². The Morgan fingerprint density at radius 2 is 2.00 bits per heavy atom. The maximum Gasteiger partial charge on any atom is 0.179 e. The fourth-order valence-electron chi connectivity index (χ4n) is 2.48. The van der Waals surface area contributed by atoms with Crippen molar-refractivity contribution in [2.75, 3.05) is 19.8 Å². The first-order valence-electron chi connectivity index (χ1n) is 7.64. The van der Waals surface area contributed by atoms with E-state index in [1.807, 2.05) is 6.07 Å². The Kier molecular flexibility index (Phi) is 4.69. The number of rotatable bonds is 6. The first kappa shape index (κ1) is 14.0. The number of fused-ring (bicyclic) bond motifs is 1. The van der Waals surface area contributed by atoms with Gasteiger partial charge in [0.05, 0.1) is 18.2 Å². The van der Waals surface area contributed by atoms with E-state index in [2.05, 4.69) is 11.4 Å². The van der Waals surface area contributed by atoms with Crippen LogP contribution < -0.4 is 14.8 Å². The zero-order valence-electron chi connectivity index (χ0n) is 11.8. The molecule has 1 saturated carbocycles. The van der Waals surface area contributed by atoms with Crippen molar-refractivity contribution in [1.29, 1.82) is 0 Å². The molecule has 4 heteroatoms. The zero-order valence-corrected chi connectivity index (χ0v) is 12.5. The fourth-order valence-corrected chi connectivity index (χ4v) is 2.76. The molecule has 0 bridgehead atoms. The van der Waals surface area contributed by atoms with Crippen LogP contribution in [0.1, 0.15) is 37.7 Å². The van der Waals surface area contributed by atoms with Crippen LogP contribution in [0.3, 0.4) is 0 Å². The van der Waals surface area contributed by atoms with Gasteiger partial charge in [-0.2, -0.15) is 0 Å². The molecular weight excluding hydrogens is 274 g/mol. The van der Waals surface area contributed by atoms with Gasteiger partial charge < -0.3 is 14.8 Å². The smallest absolute Gasteiger partial charge is 0.179 e. The summed E-state index contributed by atoms with van der Waals surface area (Å²) in [5.41, 5.74) is 1.24. The Morgan fingerprint density at radius 3 is 2.85 bits per heavy atom. The lowest BCUT2D eigenvalue weighted by atomic mass is 10.1. The Balaban J connectivity index is 1.53. The summed E-state index contributed by atoms with van der Waals surface area (Å²) < 4.78 is 11.4. The third-order valence-electron chi connectivity index (χ3n) is 3.76. The molecule has 3 nitrogen and oxygen atoms in total. The van der Waals surface area contributed by atoms with Gasteiger partial charge in [0.2, 0.25) is 0 Å². The van der Waals surface area contributed by atoms with Crippen molar-refractivity contribution in [3.8, 4) is 11.5 Å². The first-order valence-corrected chi connectivity index (χ1v) is 8.02. The third kappa shape index (κ3) is 3.80. The second-order valence-electron chi connectivity index (χ2n) is 5.64. The van der Waals surface area contributed by atoms with Gasteiger partial charge in [0.1, 0.15) is 0 Å². The summed E-state index contributed by atoms with van der Waals surface area (Å²) in [6.45, 7) is 2.51. The summed E-state index contributed by atoms with van der Waals surface area (Å²) in [7, 11) is 0.